The van der Waals surface area contributed by atoms with Crippen LogP contribution < -0.4 is 10.6 Å². The number of carbonyl (C=O) groups is 2. The average Bonchev–Trinajstić information content (AvgIpc) is 2.78. The first-order valence-corrected chi connectivity index (χ1v) is 11.9. The largest absolute Gasteiger partial charge is 0.337 e. The molecular formula is C24H32N4O2S. The highest BCUT2D eigenvalue weighted by molar-refractivity contribution is 7.99. The van der Waals surface area contributed by atoms with E-state index < -0.39 is 0 Å². The van der Waals surface area contributed by atoms with Gasteiger partial charge in [0.1, 0.15) is 0 Å². The van der Waals surface area contributed by atoms with Crippen molar-refractivity contribution < 1.29 is 9.59 Å². The fourth-order valence-electron chi connectivity index (χ4n) is 3.55. The van der Waals surface area contributed by atoms with E-state index in [0.29, 0.717) is 13.1 Å². The van der Waals surface area contributed by atoms with E-state index in [1.807, 2.05) is 54.2 Å². The van der Waals surface area contributed by atoms with Crippen molar-refractivity contribution in [3.8, 4) is 0 Å². The number of hydrogen-bond acceptors (Lipinski definition) is 4. The molecule has 1 saturated heterocycles. The zero-order valence-electron chi connectivity index (χ0n) is 18.4. The van der Waals surface area contributed by atoms with Crippen LogP contribution in [0.25, 0.3) is 0 Å². The molecule has 0 radical (unpaired) electrons. The van der Waals surface area contributed by atoms with Crippen LogP contribution in [0.2, 0.25) is 0 Å². The number of carbonyl (C=O) groups excluding carboxylic acids is 2. The first kappa shape index (κ1) is 23.2. The maximum Gasteiger partial charge on any atom is 0.317 e. The topological polar surface area (TPSA) is 64.7 Å². The van der Waals surface area contributed by atoms with Gasteiger partial charge in [0.15, 0.2) is 0 Å². The number of amides is 3. The number of nitrogens with one attached hydrogen (secondary N) is 2. The third-order valence-electron chi connectivity index (χ3n) is 5.46. The molecule has 1 aliphatic heterocycles. The summed E-state index contributed by atoms with van der Waals surface area (Å²) in [6, 6.07) is 15.7. The van der Waals surface area contributed by atoms with Gasteiger partial charge < -0.3 is 15.5 Å². The molecule has 2 aromatic carbocycles. The fourth-order valence-corrected chi connectivity index (χ4v) is 4.53. The SMILES string of the molecule is Cc1c(CN2CCSCC2)cccc1NC(=O)CCNC(=O)N(C)Cc1ccccc1. The van der Waals surface area contributed by atoms with E-state index in [-0.39, 0.29) is 18.4 Å². The Morgan fingerprint density at radius 1 is 1.06 bits per heavy atom. The van der Waals surface area contributed by atoms with Gasteiger partial charge in [0.2, 0.25) is 5.91 Å². The van der Waals surface area contributed by atoms with Crippen molar-refractivity contribution in [3.63, 3.8) is 0 Å². The summed E-state index contributed by atoms with van der Waals surface area (Å²) < 4.78 is 0. The van der Waals surface area contributed by atoms with E-state index in [4.69, 9.17) is 0 Å². The quantitative estimate of drug-likeness (QED) is 0.657. The van der Waals surface area contributed by atoms with E-state index in [9.17, 15) is 9.59 Å². The second-order valence-electron chi connectivity index (χ2n) is 7.85. The lowest BCUT2D eigenvalue weighted by atomic mass is 10.1. The van der Waals surface area contributed by atoms with Gasteiger partial charge in [-0.05, 0) is 29.7 Å². The second-order valence-corrected chi connectivity index (χ2v) is 9.07. The van der Waals surface area contributed by atoms with Crippen molar-refractivity contribution in [1.82, 2.24) is 15.1 Å². The summed E-state index contributed by atoms with van der Waals surface area (Å²) in [5.74, 6) is 2.27. The third kappa shape index (κ3) is 7.29. The molecule has 0 saturated carbocycles. The number of thioether (sulfide) groups is 1. The molecule has 0 atom stereocenters. The predicted molar refractivity (Wildman–Crippen MR) is 128 cm³/mol. The minimum Gasteiger partial charge on any atom is -0.337 e. The van der Waals surface area contributed by atoms with Crippen LogP contribution >= 0.6 is 11.8 Å². The zero-order chi connectivity index (χ0) is 22.1. The summed E-state index contributed by atoms with van der Waals surface area (Å²) in [7, 11) is 1.75. The molecule has 0 bridgehead atoms. The minimum atomic E-state index is -0.186. The number of hydrogen-bond donors (Lipinski definition) is 2. The molecule has 0 spiro atoms. The number of nitrogens with zero attached hydrogens (tertiary/aromatic N) is 2. The molecule has 0 unspecified atom stereocenters. The number of benzene rings is 2. The van der Waals surface area contributed by atoms with Crippen molar-refractivity contribution in [3.05, 3.63) is 65.2 Å². The van der Waals surface area contributed by atoms with Gasteiger partial charge in [0, 0.05) is 63.4 Å². The molecule has 0 aromatic heterocycles. The Balaban J connectivity index is 1.44. The Labute approximate surface area is 189 Å². The summed E-state index contributed by atoms with van der Waals surface area (Å²) in [4.78, 5) is 28.7. The van der Waals surface area contributed by atoms with Gasteiger partial charge in [-0.25, -0.2) is 4.79 Å². The Hall–Kier alpha value is -2.51. The van der Waals surface area contributed by atoms with E-state index >= 15 is 0 Å². The van der Waals surface area contributed by atoms with Gasteiger partial charge in [-0.2, -0.15) is 11.8 Å². The van der Waals surface area contributed by atoms with Crippen LogP contribution in [-0.4, -0.2) is 59.9 Å². The zero-order valence-corrected chi connectivity index (χ0v) is 19.2. The van der Waals surface area contributed by atoms with Crippen LogP contribution in [-0.2, 0) is 17.9 Å². The molecule has 6 nitrogen and oxygen atoms in total. The number of urea groups is 1. The van der Waals surface area contributed by atoms with Gasteiger partial charge >= 0.3 is 6.03 Å². The van der Waals surface area contributed by atoms with Crippen molar-refractivity contribution >= 4 is 29.4 Å². The molecule has 31 heavy (non-hydrogen) atoms. The summed E-state index contributed by atoms with van der Waals surface area (Å²) in [6.07, 6.45) is 0.234. The Morgan fingerprint density at radius 2 is 1.81 bits per heavy atom. The van der Waals surface area contributed by atoms with Crippen LogP contribution in [0.5, 0.6) is 0 Å². The maximum absolute atomic E-state index is 12.4. The van der Waals surface area contributed by atoms with E-state index in [0.717, 1.165) is 36.4 Å². The third-order valence-corrected chi connectivity index (χ3v) is 6.40. The molecule has 1 aliphatic rings. The van der Waals surface area contributed by atoms with Crippen molar-refractivity contribution in [1.29, 1.82) is 0 Å². The second kappa shape index (κ2) is 11.8. The van der Waals surface area contributed by atoms with Crippen molar-refractivity contribution in [2.75, 3.05) is 43.5 Å². The van der Waals surface area contributed by atoms with E-state index in [1.54, 1.807) is 11.9 Å². The van der Waals surface area contributed by atoms with Gasteiger partial charge in [-0.1, -0.05) is 42.5 Å². The van der Waals surface area contributed by atoms with Crippen molar-refractivity contribution in [2.45, 2.75) is 26.4 Å². The predicted octanol–water partition coefficient (Wildman–Crippen LogP) is 3.71. The Bertz CT molecular complexity index is 869. The highest BCUT2D eigenvalue weighted by Crippen LogP contribution is 2.22. The summed E-state index contributed by atoms with van der Waals surface area (Å²) in [6.45, 7) is 6.02. The van der Waals surface area contributed by atoms with Crippen LogP contribution in [0, 0.1) is 6.92 Å². The molecular weight excluding hydrogens is 408 g/mol. The lowest BCUT2D eigenvalue weighted by molar-refractivity contribution is -0.116. The van der Waals surface area contributed by atoms with Crippen LogP contribution in [0.15, 0.2) is 48.5 Å². The molecule has 0 aliphatic carbocycles. The molecule has 7 heteroatoms. The summed E-state index contributed by atoms with van der Waals surface area (Å²) >= 11 is 2.00. The molecule has 1 fully saturated rings. The molecule has 3 rings (SSSR count). The van der Waals surface area contributed by atoms with E-state index in [1.165, 1.54) is 17.1 Å². The summed E-state index contributed by atoms with van der Waals surface area (Å²) in [5, 5.41) is 5.82. The highest BCUT2D eigenvalue weighted by Gasteiger charge is 2.14. The highest BCUT2D eigenvalue weighted by atomic mass is 32.2. The van der Waals surface area contributed by atoms with Crippen LogP contribution in [0.4, 0.5) is 10.5 Å². The minimum absolute atomic E-state index is 0.0966. The van der Waals surface area contributed by atoms with Crippen molar-refractivity contribution in [2.24, 2.45) is 0 Å². The standard InChI is InChI=1S/C24H32N4O2S/c1-19-21(18-28-13-15-31-16-14-28)9-6-10-22(19)26-23(29)11-12-25-24(30)27(2)17-20-7-4-3-5-8-20/h3-10H,11-18H2,1-2H3,(H,25,30)(H,26,29). The molecule has 1 heterocycles. The Morgan fingerprint density at radius 3 is 2.55 bits per heavy atom. The smallest absolute Gasteiger partial charge is 0.317 e. The van der Waals surface area contributed by atoms with Crippen LogP contribution in [0.1, 0.15) is 23.1 Å². The van der Waals surface area contributed by atoms with Crippen LogP contribution in [0.3, 0.4) is 0 Å². The Kier molecular flexibility index (Phi) is 8.79. The number of rotatable bonds is 8. The normalized spacial score (nSPS) is 14.1. The van der Waals surface area contributed by atoms with Gasteiger partial charge in [-0.3, -0.25) is 9.69 Å². The molecule has 2 aromatic rings. The first-order chi connectivity index (χ1) is 15.0. The lowest BCUT2D eigenvalue weighted by Crippen LogP contribution is -2.38. The monoisotopic (exact) mass is 440 g/mol. The number of anilines is 1. The molecule has 166 valence electrons. The maximum atomic E-state index is 12.4. The average molecular weight is 441 g/mol. The fraction of sp³-hybridized carbons (Fsp3) is 0.417. The van der Waals surface area contributed by atoms with Gasteiger partial charge in [-0.15, -0.1) is 0 Å². The van der Waals surface area contributed by atoms with Gasteiger partial charge in [0.25, 0.3) is 0 Å². The molecule has 3 amide bonds. The van der Waals surface area contributed by atoms with Gasteiger partial charge in [0.05, 0.1) is 0 Å². The first-order valence-electron chi connectivity index (χ1n) is 10.7. The summed E-state index contributed by atoms with van der Waals surface area (Å²) in [5.41, 5.74) is 4.28. The molecule has 2 N–H and O–H groups in total. The van der Waals surface area contributed by atoms with E-state index in [2.05, 4.69) is 28.5 Å². The lowest BCUT2D eigenvalue weighted by Gasteiger charge is -2.27.